The van der Waals surface area contributed by atoms with Crippen molar-refractivity contribution in [1.82, 2.24) is 0 Å². The van der Waals surface area contributed by atoms with Gasteiger partial charge in [-0.3, -0.25) is 4.55 Å². The maximum Gasteiger partial charge on any atom is 0.397 e. The van der Waals surface area contributed by atoms with E-state index in [9.17, 15) is 8.42 Å². The van der Waals surface area contributed by atoms with Gasteiger partial charge in [0.2, 0.25) is 0 Å². The van der Waals surface area contributed by atoms with Crippen LogP contribution in [0, 0.1) is 0 Å². The second-order valence-electron chi connectivity index (χ2n) is 4.43. The monoisotopic (exact) mass is 330 g/mol. The van der Waals surface area contributed by atoms with Crippen molar-refractivity contribution in [2.24, 2.45) is 0 Å². The average molecular weight is 332 g/mol. The van der Waals surface area contributed by atoms with Crippen LogP contribution in [0.1, 0.15) is 71.1 Å². The van der Waals surface area contributed by atoms with E-state index in [2.05, 4.69) is 11.1 Å². The molecule has 6 heteroatoms. The van der Waals surface area contributed by atoms with Crippen molar-refractivity contribution in [2.75, 3.05) is 6.61 Å². The molecular formula is C12H26O4SZn. The van der Waals surface area contributed by atoms with E-state index in [4.69, 9.17) is 4.55 Å². The first-order valence-corrected chi connectivity index (χ1v) is 8.04. The summed E-state index contributed by atoms with van der Waals surface area (Å²) < 4.78 is 33.0. The Morgan fingerprint density at radius 3 is 1.61 bits per heavy atom. The smallest absolute Gasteiger partial charge is 0.264 e. The van der Waals surface area contributed by atoms with Crippen LogP contribution >= 0.6 is 0 Å². The van der Waals surface area contributed by atoms with E-state index in [1.165, 1.54) is 44.9 Å². The summed E-state index contributed by atoms with van der Waals surface area (Å²) in [6.45, 7) is 2.31. The molecule has 0 aromatic carbocycles. The second-order valence-corrected chi connectivity index (χ2v) is 5.52. The molecule has 0 amide bonds. The number of hydrogen-bond acceptors (Lipinski definition) is 3. The van der Waals surface area contributed by atoms with Crippen LogP contribution in [0.3, 0.4) is 0 Å². The Hall–Kier alpha value is 0.493. The summed E-state index contributed by atoms with van der Waals surface area (Å²) in [5.74, 6) is 0. The van der Waals surface area contributed by atoms with Crippen molar-refractivity contribution < 1.29 is 36.6 Å². The molecule has 0 bridgehead atoms. The molecule has 0 saturated carbocycles. The molecule has 18 heavy (non-hydrogen) atoms. The van der Waals surface area contributed by atoms with Crippen LogP contribution in [0.15, 0.2) is 0 Å². The van der Waals surface area contributed by atoms with Crippen LogP contribution < -0.4 is 0 Å². The molecule has 4 nitrogen and oxygen atoms in total. The summed E-state index contributed by atoms with van der Waals surface area (Å²) in [7, 11) is -4.23. The van der Waals surface area contributed by atoms with Crippen molar-refractivity contribution >= 4 is 10.4 Å². The molecule has 0 aliphatic carbocycles. The number of rotatable bonds is 12. The van der Waals surface area contributed by atoms with Crippen molar-refractivity contribution in [1.29, 1.82) is 0 Å². The predicted molar refractivity (Wildman–Crippen MR) is 69.3 cm³/mol. The minimum Gasteiger partial charge on any atom is -0.264 e. The molecule has 0 heterocycles. The van der Waals surface area contributed by atoms with Crippen LogP contribution in [0.25, 0.3) is 0 Å². The summed E-state index contributed by atoms with van der Waals surface area (Å²) in [4.78, 5) is 0. The molecule has 0 unspecified atom stereocenters. The van der Waals surface area contributed by atoms with Crippen LogP contribution in [0.2, 0.25) is 0 Å². The van der Waals surface area contributed by atoms with E-state index in [1.54, 1.807) is 0 Å². The first-order valence-electron chi connectivity index (χ1n) is 6.68. The summed E-state index contributed by atoms with van der Waals surface area (Å²) in [5, 5.41) is 0. The van der Waals surface area contributed by atoms with Crippen LogP contribution in [0.5, 0.6) is 0 Å². The Bertz CT molecular complexity index is 255. The quantitative estimate of drug-likeness (QED) is 0.336. The molecular weight excluding hydrogens is 306 g/mol. The molecule has 0 radical (unpaired) electrons. The van der Waals surface area contributed by atoms with E-state index in [-0.39, 0.29) is 26.1 Å². The summed E-state index contributed by atoms with van der Waals surface area (Å²) in [5.41, 5.74) is 0. The second kappa shape index (κ2) is 13.9. The van der Waals surface area contributed by atoms with E-state index >= 15 is 0 Å². The van der Waals surface area contributed by atoms with E-state index in [0.717, 1.165) is 12.8 Å². The van der Waals surface area contributed by atoms with Gasteiger partial charge >= 0.3 is 10.4 Å². The fraction of sp³-hybridized carbons (Fsp3) is 1.00. The zero-order valence-electron chi connectivity index (χ0n) is 11.6. The van der Waals surface area contributed by atoms with Gasteiger partial charge in [0, 0.05) is 19.5 Å². The third-order valence-electron chi connectivity index (χ3n) is 2.73. The van der Waals surface area contributed by atoms with Gasteiger partial charge in [0.1, 0.15) is 0 Å². The molecule has 0 aromatic rings. The van der Waals surface area contributed by atoms with Gasteiger partial charge in [-0.2, -0.15) is 8.42 Å². The molecule has 1 N–H and O–H groups in total. The molecule has 0 fully saturated rings. The third-order valence-corrected chi connectivity index (χ3v) is 3.19. The van der Waals surface area contributed by atoms with Gasteiger partial charge < -0.3 is 0 Å². The molecule has 0 aromatic heterocycles. The summed E-state index contributed by atoms with van der Waals surface area (Å²) in [6.07, 6.45) is 11.9. The van der Waals surface area contributed by atoms with Crippen LogP contribution in [-0.4, -0.2) is 19.6 Å². The Kier molecular flexibility index (Phi) is 16.1. The minimum atomic E-state index is -4.23. The van der Waals surface area contributed by atoms with Gasteiger partial charge in [-0.25, -0.2) is 4.18 Å². The fourth-order valence-electron chi connectivity index (χ4n) is 1.75. The largest absolute Gasteiger partial charge is 0.397 e. The molecule has 0 saturated heterocycles. The molecule has 0 atom stereocenters. The van der Waals surface area contributed by atoms with Crippen molar-refractivity contribution in [2.45, 2.75) is 71.1 Å². The minimum absolute atomic E-state index is 0. The Morgan fingerprint density at radius 1 is 0.833 bits per heavy atom. The zero-order chi connectivity index (χ0) is 13.0. The van der Waals surface area contributed by atoms with Crippen LogP contribution in [0.4, 0.5) is 0 Å². The number of unbranched alkanes of at least 4 members (excludes halogenated alkanes) is 9. The van der Waals surface area contributed by atoms with Crippen molar-refractivity contribution in [3.63, 3.8) is 0 Å². The molecule has 106 valence electrons. The summed E-state index contributed by atoms with van der Waals surface area (Å²) in [6, 6.07) is 0. The first-order chi connectivity index (χ1) is 8.06. The third kappa shape index (κ3) is 18.8. The average Bonchev–Trinajstić information content (AvgIpc) is 2.24. The maximum atomic E-state index is 10.2. The predicted octanol–water partition coefficient (Wildman–Crippen LogP) is 3.72. The Morgan fingerprint density at radius 2 is 1.22 bits per heavy atom. The number of hydrogen-bond donors (Lipinski definition) is 1. The van der Waals surface area contributed by atoms with Gasteiger partial charge in [0.25, 0.3) is 0 Å². The Balaban J connectivity index is 0. The van der Waals surface area contributed by atoms with Gasteiger partial charge in [0.15, 0.2) is 0 Å². The van der Waals surface area contributed by atoms with E-state index in [0.29, 0.717) is 6.42 Å². The molecule has 0 rings (SSSR count). The van der Waals surface area contributed by atoms with Crippen molar-refractivity contribution in [3.05, 3.63) is 0 Å². The van der Waals surface area contributed by atoms with Gasteiger partial charge in [-0.1, -0.05) is 64.7 Å². The van der Waals surface area contributed by atoms with Gasteiger partial charge in [-0.05, 0) is 6.42 Å². The SMILES string of the molecule is CCCCCCCCCCCCOS(=O)(=O)O.[Zn]. The van der Waals surface area contributed by atoms with E-state index in [1.807, 2.05) is 0 Å². The Labute approximate surface area is 125 Å². The topological polar surface area (TPSA) is 63.6 Å². The molecule has 0 aliphatic heterocycles. The maximum absolute atomic E-state index is 10.2. The first kappa shape index (κ1) is 20.8. The molecule has 0 spiro atoms. The fourth-order valence-corrected chi connectivity index (χ4v) is 2.08. The van der Waals surface area contributed by atoms with Crippen molar-refractivity contribution in [3.8, 4) is 0 Å². The van der Waals surface area contributed by atoms with Gasteiger partial charge in [0.05, 0.1) is 6.61 Å². The standard InChI is InChI=1S/C12H26O4S.Zn/c1-2-3-4-5-6-7-8-9-10-11-12-16-17(13,14)15;/h2-12H2,1H3,(H,13,14,15);. The molecule has 0 aliphatic rings. The van der Waals surface area contributed by atoms with Crippen LogP contribution in [-0.2, 0) is 34.1 Å². The van der Waals surface area contributed by atoms with E-state index < -0.39 is 10.4 Å². The summed E-state index contributed by atoms with van der Waals surface area (Å²) >= 11 is 0. The van der Waals surface area contributed by atoms with Gasteiger partial charge in [-0.15, -0.1) is 0 Å². The normalized spacial score (nSPS) is 11.2. The zero-order valence-corrected chi connectivity index (χ0v) is 15.3.